The minimum Gasteiger partial charge on any atom is -0.376 e. The SMILES string of the molecule is CC(C)(C)OCCC(CCN)c1cc(=O)[nH]c2c(-c3nc(-c4cc(Cl)cc(Cl)c4)no3)cnn12. The van der Waals surface area contributed by atoms with Crippen LogP contribution in [0.25, 0.3) is 28.5 Å². The first kappa shape index (κ1) is 24.4. The second-order valence-electron chi connectivity index (χ2n) is 8.98. The summed E-state index contributed by atoms with van der Waals surface area (Å²) in [6, 6.07) is 6.55. The summed E-state index contributed by atoms with van der Waals surface area (Å²) in [5.74, 6) is 0.509. The number of H-pyrrole nitrogens is 1. The zero-order valence-corrected chi connectivity index (χ0v) is 20.7. The maximum Gasteiger partial charge on any atom is 0.263 e. The van der Waals surface area contributed by atoms with Gasteiger partial charge in [0.1, 0.15) is 11.2 Å². The summed E-state index contributed by atoms with van der Waals surface area (Å²) in [7, 11) is 0. The monoisotopic (exact) mass is 504 g/mol. The van der Waals surface area contributed by atoms with Crippen LogP contribution in [0.5, 0.6) is 0 Å². The Morgan fingerprint density at radius 3 is 2.59 bits per heavy atom. The van der Waals surface area contributed by atoms with E-state index >= 15 is 0 Å². The van der Waals surface area contributed by atoms with Gasteiger partial charge < -0.3 is 20.0 Å². The molecule has 180 valence electrons. The van der Waals surface area contributed by atoms with Gasteiger partial charge in [-0.3, -0.25) is 4.79 Å². The highest BCUT2D eigenvalue weighted by atomic mass is 35.5. The molecule has 11 heteroatoms. The molecule has 1 unspecified atom stereocenters. The van der Waals surface area contributed by atoms with Gasteiger partial charge in [0.15, 0.2) is 0 Å². The van der Waals surface area contributed by atoms with Gasteiger partial charge in [0.2, 0.25) is 5.82 Å². The van der Waals surface area contributed by atoms with Gasteiger partial charge in [0.05, 0.1) is 17.5 Å². The number of nitrogens with zero attached hydrogens (tertiary/aromatic N) is 4. The summed E-state index contributed by atoms with van der Waals surface area (Å²) in [6.45, 7) is 7.02. The van der Waals surface area contributed by atoms with Gasteiger partial charge in [-0.2, -0.15) is 10.1 Å². The number of hydrogen-bond donors (Lipinski definition) is 2. The molecule has 3 aromatic heterocycles. The van der Waals surface area contributed by atoms with E-state index in [-0.39, 0.29) is 23.0 Å². The summed E-state index contributed by atoms with van der Waals surface area (Å²) >= 11 is 12.2. The number of rotatable bonds is 8. The first-order chi connectivity index (χ1) is 16.1. The van der Waals surface area contributed by atoms with Gasteiger partial charge in [-0.05, 0) is 58.4 Å². The van der Waals surface area contributed by atoms with Crippen LogP contribution in [0.2, 0.25) is 10.0 Å². The molecule has 3 N–H and O–H groups in total. The van der Waals surface area contributed by atoms with Crippen LogP contribution in [-0.4, -0.2) is 43.5 Å². The highest BCUT2D eigenvalue weighted by molar-refractivity contribution is 6.35. The summed E-state index contributed by atoms with van der Waals surface area (Å²) < 4.78 is 13.1. The molecule has 0 radical (unpaired) electrons. The number of hydrogen-bond acceptors (Lipinski definition) is 7. The van der Waals surface area contributed by atoms with Crippen LogP contribution in [0.15, 0.2) is 39.8 Å². The zero-order chi connectivity index (χ0) is 24.5. The minimum atomic E-state index is -0.260. The molecule has 0 saturated carbocycles. The van der Waals surface area contributed by atoms with E-state index in [1.54, 1.807) is 35.0 Å². The second kappa shape index (κ2) is 9.87. The molecule has 0 spiro atoms. The average Bonchev–Trinajstić information content (AvgIpc) is 3.38. The van der Waals surface area contributed by atoms with E-state index < -0.39 is 0 Å². The molecule has 0 fully saturated rings. The van der Waals surface area contributed by atoms with Gasteiger partial charge in [-0.25, -0.2) is 4.52 Å². The lowest BCUT2D eigenvalue weighted by molar-refractivity contribution is -0.00660. The van der Waals surface area contributed by atoms with E-state index in [1.807, 2.05) is 20.8 Å². The third-order valence-corrected chi connectivity index (χ3v) is 5.68. The molecule has 4 rings (SSSR count). The summed E-state index contributed by atoms with van der Waals surface area (Å²) in [5, 5.41) is 9.46. The highest BCUT2D eigenvalue weighted by Gasteiger charge is 2.22. The quantitative estimate of drug-likeness (QED) is 0.356. The predicted molar refractivity (Wildman–Crippen MR) is 131 cm³/mol. The Bertz CT molecular complexity index is 1330. The number of fused-ring (bicyclic) bond motifs is 1. The van der Waals surface area contributed by atoms with Crippen LogP contribution in [0.4, 0.5) is 0 Å². The van der Waals surface area contributed by atoms with Crippen LogP contribution >= 0.6 is 23.2 Å². The van der Waals surface area contributed by atoms with E-state index in [1.165, 1.54) is 0 Å². The third-order valence-electron chi connectivity index (χ3n) is 5.25. The Morgan fingerprint density at radius 2 is 1.91 bits per heavy atom. The first-order valence-corrected chi connectivity index (χ1v) is 11.7. The van der Waals surface area contributed by atoms with Crippen LogP contribution in [-0.2, 0) is 4.74 Å². The molecule has 0 bridgehead atoms. The molecule has 1 aromatic carbocycles. The number of ether oxygens (including phenoxy) is 1. The lowest BCUT2D eigenvalue weighted by atomic mass is 9.97. The molecule has 0 aliphatic rings. The van der Waals surface area contributed by atoms with Gasteiger partial charge in [-0.15, -0.1) is 0 Å². The van der Waals surface area contributed by atoms with Crippen molar-refractivity contribution in [3.05, 3.63) is 56.6 Å². The van der Waals surface area contributed by atoms with Crippen molar-refractivity contribution in [1.29, 1.82) is 0 Å². The zero-order valence-electron chi connectivity index (χ0n) is 19.1. The van der Waals surface area contributed by atoms with Crippen molar-refractivity contribution in [3.63, 3.8) is 0 Å². The second-order valence-corrected chi connectivity index (χ2v) is 9.86. The van der Waals surface area contributed by atoms with Crippen molar-refractivity contribution in [2.24, 2.45) is 5.73 Å². The third kappa shape index (κ3) is 5.50. The lowest BCUT2D eigenvalue weighted by Gasteiger charge is -2.22. The summed E-state index contributed by atoms with van der Waals surface area (Å²) in [5.41, 5.74) is 7.68. The Labute approximate surface area is 206 Å². The molecule has 3 heterocycles. The number of nitrogens with one attached hydrogen (secondary N) is 1. The van der Waals surface area contributed by atoms with Gasteiger partial charge in [0, 0.05) is 34.2 Å². The molecule has 0 aliphatic heterocycles. The molecular weight excluding hydrogens is 479 g/mol. The van der Waals surface area contributed by atoms with Crippen molar-refractivity contribution in [1.82, 2.24) is 24.7 Å². The van der Waals surface area contributed by atoms with E-state index in [9.17, 15) is 4.79 Å². The summed E-state index contributed by atoms with van der Waals surface area (Å²) in [4.78, 5) is 19.9. The standard InChI is InChI=1S/C23H26Cl2N6O3/c1-23(2,3)33-7-5-13(4-6-26)18-11-19(32)28-21-17(12-27-31(18)21)22-29-20(30-34-22)14-8-15(24)10-16(25)9-14/h8-13H,4-7,26H2,1-3H3,(H,28,32). The first-order valence-electron chi connectivity index (χ1n) is 10.9. The van der Waals surface area contributed by atoms with E-state index in [2.05, 4.69) is 20.2 Å². The topological polar surface area (TPSA) is 124 Å². The molecule has 34 heavy (non-hydrogen) atoms. The Hall–Kier alpha value is -2.72. The Morgan fingerprint density at radius 1 is 1.18 bits per heavy atom. The van der Waals surface area contributed by atoms with Crippen molar-refractivity contribution in [3.8, 4) is 22.8 Å². The van der Waals surface area contributed by atoms with Crippen molar-refractivity contribution in [2.45, 2.75) is 45.1 Å². The fourth-order valence-electron chi connectivity index (χ4n) is 3.74. The molecule has 0 saturated heterocycles. The maximum atomic E-state index is 12.6. The molecule has 0 amide bonds. The smallest absolute Gasteiger partial charge is 0.263 e. The van der Waals surface area contributed by atoms with E-state index in [4.69, 9.17) is 38.2 Å². The normalized spacial score (nSPS) is 13.0. The fourth-order valence-corrected chi connectivity index (χ4v) is 4.27. The molecule has 4 aromatic rings. The number of nitrogens with two attached hydrogens (primary N) is 1. The Balaban J connectivity index is 1.70. The number of benzene rings is 1. The molecule has 9 nitrogen and oxygen atoms in total. The van der Waals surface area contributed by atoms with Crippen molar-refractivity contribution < 1.29 is 9.26 Å². The van der Waals surface area contributed by atoms with E-state index in [0.717, 1.165) is 5.69 Å². The van der Waals surface area contributed by atoms with Gasteiger partial charge in [0.25, 0.3) is 11.4 Å². The summed E-state index contributed by atoms with van der Waals surface area (Å²) in [6.07, 6.45) is 2.96. The van der Waals surface area contributed by atoms with Crippen LogP contribution in [0.1, 0.15) is 45.2 Å². The van der Waals surface area contributed by atoms with Gasteiger partial charge in [-0.1, -0.05) is 28.4 Å². The largest absolute Gasteiger partial charge is 0.376 e. The van der Waals surface area contributed by atoms with E-state index in [0.29, 0.717) is 58.6 Å². The molecule has 1 atom stereocenters. The Kier molecular flexibility index (Phi) is 7.09. The highest BCUT2D eigenvalue weighted by Crippen LogP contribution is 2.30. The van der Waals surface area contributed by atoms with Crippen molar-refractivity contribution >= 4 is 28.8 Å². The lowest BCUT2D eigenvalue weighted by Crippen LogP contribution is -2.23. The predicted octanol–water partition coefficient (Wildman–Crippen LogP) is 4.68. The van der Waals surface area contributed by atoms with Gasteiger partial charge >= 0.3 is 0 Å². The number of halogens is 2. The maximum absolute atomic E-state index is 12.6. The van der Waals surface area contributed by atoms with Crippen LogP contribution < -0.4 is 11.3 Å². The molecule has 0 aliphatic carbocycles. The van der Waals surface area contributed by atoms with Crippen molar-refractivity contribution in [2.75, 3.05) is 13.2 Å². The fraction of sp³-hybridized carbons (Fsp3) is 0.391. The van der Waals surface area contributed by atoms with Crippen LogP contribution in [0, 0.1) is 0 Å². The van der Waals surface area contributed by atoms with Crippen LogP contribution in [0.3, 0.4) is 0 Å². The minimum absolute atomic E-state index is 0.0169. The molecular formula is C23H26Cl2N6O3. The number of aromatic amines is 1. The number of aromatic nitrogens is 5. The average molecular weight is 505 g/mol.